The number of rotatable bonds is 10. The Labute approximate surface area is 178 Å². The number of hydrogen-bond acceptors (Lipinski definition) is 9. The van der Waals surface area contributed by atoms with Crippen LogP contribution in [0.25, 0.3) is 10.2 Å². The molecule has 0 spiro atoms. The number of aryl methyl sites for hydroxylation is 1. The fraction of sp³-hybridized carbons (Fsp3) is 0.400. The molecule has 30 heavy (non-hydrogen) atoms. The molecule has 3 rings (SSSR count). The highest BCUT2D eigenvalue weighted by atomic mass is 32.1. The molecule has 1 N–H and O–H groups in total. The minimum Gasteiger partial charge on any atom is -0.480 e. The lowest BCUT2D eigenvalue weighted by molar-refractivity contribution is 0.0953. The number of fused-ring (bicyclic) bond motifs is 1. The Bertz CT molecular complexity index is 1020. The molecule has 3 aromatic heterocycles. The van der Waals surface area contributed by atoms with E-state index in [0.717, 1.165) is 16.5 Å². The average Bonchev–Trinajstić information content (AvgIpc) is 3.09. The van der Waals surface area contributed by atoms with Crippen LogP contribution in [0, 0.1) is 6.92 Å². The molecule has 0 saturated carbocycles. The van der Waals surface area contributed by atoms with Crippen LogP contribution in [-0.4, -0.2) is 55.4 Å². The second-order valence-electron chi connectivity index (χ2n) is 6.31. The molecule has 0 aromatic carbocycles. The number of hydrogen-bond donors (Lipinski definition) is 1. The summed E-state index contributed by atoms with van der Waals surface area (Å²) in [6, 6.07) is 3.66. The summed E-state index contributed by atoms with van der Waals surface area (Å²) in [5, 5.41) is 3.67. The van der Waals surface area contributed by atoms with E-state index in [9.17, 15) is 4.79 Å². The number of thiophene rings is 1. The van der Waals surface area contributed by atoms with Crippen LogP contribution >= 0.6 is 11.3 Å². The van der Waals surface area contributed by atoms with Gasteiger partial charge >= 0.3 is 0 Å². The summed E-state index contributed by atoms with van der Waals surface area (Å²) < 4.78 is 21.1. The number of methoxy groups -OCH3 is 3. The molecular weight excluding hydrogens is 408 g/mol. The van der Waals surface area contributed by atoms with Gasteiger partial charge < -0.3 is 24.3 Å². The zero-order chi connectivity index (χ0) is 21.5. The molecule has 3 heterocycles. The maximum Gasteiger partial charge on any atom is 0.261 e. The molecule has 160 valence electrons. The SMILES string of the molecule is COCCOc1ncccc1CNC(=O)c1sc2nc(COC)nc(OC)c2c1C. The third kappa shape index (κ3) is 4.84. The Morgan fingerprint density at radius 1 is 1.13 bits per heavy atom. The second kappa shape index (κ2) is 10.3. The number of nitrogens with one attached hydrogen (secondary N) is 1. The van der Waals surface area contributed by atoms with Crippen molar-refractivity contribution in [1.82, 2.24) is 20.3 Å². The van der Waals surface area contributed by atoms with Crippen LogP contribution in [0.5, 0.6) is 11.8 Å². The number of ether oxygens (including phenoxy) is 4. The van der Waals surface area contributed by atoms with E-state index in [0.29, 0.717) is 40.5 Å². The smallest absolute Gasteiger partial charge is 0.261 e. The van der Waals surface area contributed by atoms with Gasteiger partial charge in [0.05, 0.1) is 24.0 Å². The van der Waals surface area contributed by atoms with Crippen LogP contribution in [0.15, 0.2) is 18.3 Å². The largest absolute Gasteiger partial charge is 0.480 e. The summed E-state index contributed by atoms with van der Waals surface area (Å²) >= 11 is 1.30. The van der Waals surface area contributed by atoms with E-state index in [2.05, 4.69) is 20.3 Å². The molecule has 9 nitrogen and oxygen atoms in total. The first-order valence-electron chi connectivity index (χ1n) is 9.25. The quantitative estimate of drug-likeness (QED) is 0.487. The van der Waals surface area contributed by atoms with Crippen LogP contribution in [-0.2, 0) is 22.6 Å². The number of pyridine rings is 1. The lowest BCUT2D eigenvalue weighted by Crippen LogP contribution is -2.23. The Balaban J connectivity index is 1.80. The zero-order valence-corrected chi connectivity index (χ0v) is 18.2. The first-order valence-corrected chi connectivity index (χ1v) is 10.1. The summed E-state index contributed by atoms with van der Waals surface area (Å²) in [4.78, 5) is 27.2. The number of carbonyl (C=O) groups is 1. The lowest BCUT2D eigenvalue weighted by atomic mass is 10.2. The predicted molar refractivity (Wildman–Crippen MR) is 112 cm³/mol. The average molecular weight is 433 g/mol. The van der Waals surface area contributed by atoms with Crippen molar-refractivity contribution in [3.05, 3.63) is 40.2 Å². The van der Waals surface area contributed by atoms with Gasteiger partial charge in [-0.2, -0.15) is 4.98 Å². The standard InChI is InChI=1S/C20H24N4O5S/c1-12-15-19(28-4)23-14(11-27-3)24-20(15)30-16(12)17(25)22-10-13-6-5-7-21-18(13)29-9-8-26-2/h5-7H,8-11H2,1-4H3,(H,22,25). The van der Waals surface area contributed by atoms with Crippen LogP contribution in [0.4, 0.5) is 0 Å². The molecule has 10 heteroatoms. The molecule has 0 radical (unpaired) electrons. The van der Waals surface area contributed by atoms with Crippen molar-refractivity contribution in [2.24, 2.45) is 0 Å². The van der Waals surface area contributed by atoms with Gasteiger partial charge in [0, 0.05) is 32.5 Å². The summed E-state index contributed by atoms with van der Waals surface area (Å²) in [6.45, 7) is 3.24. The first kappa shape index (κ1) is 21.9. The summed E-state index contributed by atoms with van der Waals surface area (Å²) in [6.07, 6.45) is 1.64. The molecule has 0 aliphatic carbocycles. The van der Waals surface area contributed by atoms with Crippen LogP contribution in [0.1, 0.15) is 26.6 Å². The number of aromatic nitrogens is 3. The maximum absolute atomic E-state index is 12.9. The van der Waals surface area contributed by atoms with Crippen molar-refractivity contribution in [1.29, 1.82) is 0 Å². The highest BCUT2D eigenvalue weighted by molar-refractivity contribution is 7.20. The molecule has 0 aliphatic rings. The van der Waals surface area contributed by atoms with Gasteiger partial charge in [-0.3, -0.25) is 4.79 Å². The third-order valence-corrected chi connectivity index (χ3v) is 5.48. The molecule has 0 saturated heterocycles. The fourth-order valence-electron chi connectivity index (χ4n) is 2.87. The van der Waals surface area contributed by atoms with Crippen molar-refractivity contribution in [2.75, 3.05) is 34.5 Å². The topological polar surface area (TPSA) is 105 Å². The number of carbonyl (C=O) groups excluding carboxylic acids is 1. The van der Waals surface area contributed by atoms with Crippen molar-refractivity contribution in [3.63, 3.8) is 0 Å². The van der Waals surface area contributed by atoms with Gasteiger partial charge in [0.2, 0.25) is 11.8 Å². The Kier molecular flexibility index (Phi) is 7.50. The molecule has 0 unspecified atom stereocenters. The van der Waals surface area contributed by atoms with E-state index in [1.807, 2.05) is 13.0 Å². The van der Waals surface area contributed by atoms with Crippen molar-refractivity contribution in [2.45, 2.75) is 20.1 Å². The lowest BCUT2D eigenvalue weighted by Gasteiger charge is -2.10. The normalized spacial score (nSPS) is 10.9. The minimum atomic E-state index is -0.211. The van der Waals surface area contributed by atoms with Crippen LogP contribution in [0.3, 0.4) is 0 Å². The molecule has 1 amide bonds. The van der Waals surface area contributed by atoms with E-state index in [1.54, 1.807) is 33.6 Å². The summed E-state index contributed by atoms with van der Waals surface area (Å²) in [7, 11) is 4.72. The molecular formula is C20H24N4O5S. The first-order chi connectivity index (χ1) is 14.6. The van der Waals surface area contributed by atoms with Crippen molar-refractivity contribution < 1.29 is 23.7 Å². The monoisotopic (exact) mass is 432 g/mol. The third-order valence-electron chi connectivity index (χ3n) is 4.29. The summed E-state index contributed by atoms with van der Waals surface area (Å²) in [5.74, 6) is 1.20. The van der Waals surface area contributed by atoms with Gasteiger partial charge in [0.15, 0.2) is 5.82 Å². The molecule has 0 aliphatic heterocycles. The van der Waals surface area contributed by atoms with Gasteiger partial charge in [0.25, 0.3) is 5.91 Å². The van der Waals surface area contributed by atoms with Crippen molar-refractivity contribution in [3.8, 4) is 11.8 Å². The predicted octanol–water partition coefficient (Wildman–Crippen LogP) is 2.50. The van der Waals surface area contributed by atoms with E-state index < -0.39 is 0 Å². The maximum atomic E-state index is 12.9. The minimum absolute atomic E-state index is 0.211. The molecule has 0 bridgehead atoms. The van der Waals surface area contributed by atoms with Gasteiger partial charge in [-0.05, 0) is 18.6 Å². The van der Waals surface area contributed by atoms with Gasteiger partial charge in [-0.25, -0.2) is 9.97 Å². The van der Waals surface area contributed by atoms with E-state index in [-0.39, 0.29) is 19.1 Å². The van der Waals surface area contributed by atoms with E-state index >= 15 is 0 Å². The Hall–Kier alpha value is -2.82. The van der Waals surface area contributed by atoms with Gasteiger partial charge in [-0.1, -0.05) is 6.07 Å². The van der Waals surface area contributed by atoms with E-state index in [1.165, 1.54) is 11.3 Å². The molecule has 0 fully saturated rings. The Morgan fingerprint density at radius 3 is 2.70 bits per heavy atom. The Morgan fingerprint density at radius 2 is 1.97 bits per heavy atom. The highest BCUT2D eigenvalue weighted by Gasteiger charge is 2.21. The molecule has 3 aromatic rings. The fourth-order valence-corrected chi connectivity index (χ4v) is 3.98. The van der Waals surface area contributed by atoms with Crippen LogP contribution in [0.2, 0.25) is 0 Å². The molecule has 0 atom stereocenters. The van der Waals surface area contributed by atoms with Gasteiger partial charge in [0.1, 0.15) is 18.0 Å². The van der Waals surface area contributed by atoms with Crippen molar-refractivity contribution >= 4 is 27.5 Å². The number of amides is 1. The van der Waals surface area contributed by atoms with Crippen LogP contribution < -0.4 is 14.8 Å². The highest BCUT2D eigenvalue weighted by Crippen LogP contribution is 2.35. The number of nitrogens with zero attached hydrogens (tertiary/aromatic N) is 3. The van der Waals surface area contributed by atoms with E-state index in [4.69, 9.17) is 18.9 Å². The second-order valence-corrected chi connectivity index (χ2v) is 7.31. The van der Waals surface area contributed by atoms with Gasteiger partial charge in [-0.15, -0.1) is 11.3 Å². The summed E-state index contributed by atoms with van der Waals surface area (Å²) in [5.41, 5.74) is 1.55. The zero-order valence-electron chi connectivity index (χ0n) is 17.4.